The van der Waals surface area contributed by atoms with Crippen LogP contribution in [0.4, 0.5) is 11.4 Å². The Morgan fingerprint density at radius 2 is 2.04 bits per heavy atom. The number of aliphatic imine (C=N–C) groups is 1. The molecule has 0 aliphatic carbocycles. The Bertz CT molecular complexity index is 736. The number of thioether (sulfide) groups is 1. The lowest BCUT2D eigenvalue weighted by atomic mass is 10.2. The van der Waals surface area contributed by atoms with Crippen LogP contribution in [0.5, 0.6) is 0 Å². The molecular formula is C17H23ClN4S. The number of benzene rings is 1. The Balaban J connectivity index is 2.53. The van der Waals surface area contributed by atoms with Crippen molar-refractivity contribution in [2.75, 3.05) is 17.7 Å². The molecule has 0 atom stereocenters. The van der Waals surface area contributed by atoms with Crippen molar-refractivity contribution in [2.45, 2.75) is 27.7 Å². The summed E-state index contributed by atoms with van der Waals surface area (Å²) in [5, 5.41) is 6.17. The van der Waals surface area contributed by atoms with E-state index in [1.165, 1.54) is 0 Å². The van der Waals surface area contributed by atoms with E-state index in [1.54, 1.807) is 11.8 Å². The van der Waals surface area contributed by atoms with E-state index >= 15 is 0 Å². The van der Waals surface area contributed by atoms with E-state index in [0.29, 0.717) is 5.02 Å². The number of aromatic nitrogens is 2. The summed E-state index contributed by atoms with van der Waals surface area (Å²) >= 11 is 7.75. The Kier molecular flexibility index (Phi) is 5.76. The van der Waals surface area contributed by atoms with Gasteiger partial charge in [0.25, 0.3) is 0 Å². The topological polar surface area (TPSA) is 33.4 Å². The number of hydrogen-bond acceptors (Lipinski definition) is 3. The maximum atomic E-state index is 6.12. The highest BCUT2D eigenvalue weighted by molar-refractivity contribution is 8.13. The first-order valence-electron chi connectivity index (χ1n) is 7.55. The molecule has 6 heteroatoms. The molecule has 0 saturated heterocycles. The first-order chi connectivity index (χ1) is 10.9. The average molecular weight is 351 g/mol. The van der Waals surface area contributed by atoms with Crippen LogP contribution in [0.15, 0.2) is 23.2 Å². The lowest BCUT2D eigenvalue weighted by Gasteiger charge is -2.24. The standard InChI is InChI=1S/C17H23ClN4S/c1-7-22(16-12(3)20-21(5)13(16)4)17(23-6)19-15-10-14(18)9-8-11(15)2/h8-10H,7H2,1-6H3/b19-17-. The van der Waals surface area contributed by atoms with Gasteiger partial charge in [-0.2, -0.15) is 5.10 Å². The summed E-state index contributed by atoms with van der Waals surface area (Å²) in [5.74, 6) is 0. The molecule has 23 heavy (non-hydrogen) atoms. The molecule has 1 heterocycles. The van der Waals surface area contributed by atoms with Crippen molar-refractivity contribution in [3.05, 3.63) is 40.2 Å². The normalized spacial score (nSPS) is 11.9. The second-order valence-corrected chi connectivity index (χ2v) is 6.63. The average Bonchev–Trinajstić information content (AvgIpc) is 2.76. The van der Waals surface area contributed by atoms with Crippen LogP contribution in [0, 0.1) is 20.8 Å². The third kappa shape index (κ3) is 3.72. The minimum absolute atomic E-state index is 0.701. The lowest BCUT2D eigenvalue weighted by Crippen LogP contribution is -2.29. The molecule has 0 saturated carbocycles. The van der Waals surface area contributed by atoms with Crippen LogP contribution in [0.3, 0.4) is 0 Å². The second kappa shape index (κ2) is 7.41. The minimum Gasteiger partial charge on any atom is -0.318 e. The monoisotopic (exact) mass is 350 g/mol. The van der Waals surface area contributed by atoms with Gasteiger partial charge in [0.05, 0.1) is 22.8 Å². The highest BCUT2D eigenvalue weighted by Gasteiger charge is 2.20. The molecule has 0 N–H and O–H groups in total. The van der Waals surface area contributed by atoms with Gasteiger partial charge in [0.15, 0.2) is 5.17 Å². The van der Waals surface area contributed by atoms with Gasteiger partial charge in [-0.25, -0.2) is 4.99 Å². The van der Waals surface area contributed by atoms with E-state index in [0.717, 1.165) is 40.0 Å². The van der Waals surface area contributed by atoms with E-state index in [2.05, 4.69) is 23.8 Å². The number of rotatable bonds is 3. The smallest absolute Gasteiger partial charge is 0.168 e. The number of anilines is 1. The number of amidine groups is 1. The van der Waals surface area contributed by atoms with Gasteiger partial charge >= 0.3 is 0 Å². The first kappa shape index (κ1) is 17.9. The van der Waals surface area contributed by atoms with Crippen molar-refractivity contribution in [3.8, 4) is 0 Å². The second-order valence-electron chi connectivity index (χ2n) is 5.42. The van der Waals surface area contributed by atoms with Crippen LogP contribution in [0.1, 0.15) is 23.9 Å². The van der Waals surface area contributed by atoms with Crippen LogP contribution < -0.4 is 4.90 Å². The van der Waals surface area contributed by atoms with Crippen LogP contribution in [-0.2, 0) is 7.05 Å². The largest absolute Gasteiger partial charge is 0.318 e. The van der Waals surface area contributed by atoms with E-state index in [9.17, 15) is 0 Å². The first-order valence-corrected chi connectivity index (χ1v) is 9.15. The summed E-state index contributed by atoms with van der Waals surface area (Å²) in [5.41, 5.74) is 5.28. The molecule has 0 aliphatic rings. The molecule has 2 rings (SSSR count). The van der Waals surface area contributed by atoms with Gasteiger partial charge in [-0.1, -0.05) is 29.4 Å². The van der Waals surface area contributed by atoms with Gasteiger partial charge in [-0.05, 0) is 51.6 Å². The van der Waals surface area contributed by atoms with Gasteiger partial charge in [-0.3, -0.25) is 4.68 Å². The molecule has 1 aromatic carbocycles. The van der Waals surface area contributed by atoms with E-state index in [-0.39, 0.29) is 0 Å². The molecule has 0 amide bonds. The van der Waals surface area contributed by atoms with Crippen molar-refractivity contribution >= 4 is 39.9 Å². The summed E-state index contributed by atoms with van der Waals surface area (Å²) in [6.07, 6.45) is 2.04. The van der Waals surface area contributed by atoms with Crippen molar-refractivity contribution in [3.63, 3.8) is 0 Å². The molecule has 1 aromatic heterocycles. The number of hydrogen-bond donors (Lipinski definition) is 0. The Morgan fingerprint density at radius 1 is 1.35 bits per heavy atom. The van der Waals surface area contributed by atoms with Crippen molar-refractivity contribution in [1.82, 2.24) is 9.78 Å². The van der Waals surface area contributed by atoms with E-state index in [1.807, 2.05) is 50.0 Å². The van der Waals surface area contributed by atoms with Crippen molar-refractivity contribution < 1.29 is 0 Å². The van der Waals surface area contributed by atoms with Crippen molar-refractivity contribution in [2.24, 2.45) is 12.0 Å². The number of halogens is 1. The maximum Gasteiger partial charge on any atom is 0.168 e. The van der Waals surface area contributed by atoms with Gasteiger partial charge in [0.2, 0.25) is 0 Å². The summed E-state index contributed by atoms with van der Waals surface area (Å²) in [4.78, 5) is 7.07. The molecule has 2 aromatic rings. The molecule has 0 fully saturated rings. The lowest BCUT2D eigenvalue weighted by molar-refractivity contribution is 0.731. The predicted molar refractivity (Wildman–Crippen MR) is 103 cm³/mol. The van der Waals surface area contributed by atoms with E-state index < -0.39 is 0 Å². The van der Waals surface area contributed by atoms with Crippen LogP contribution in [-0.4, -0.2) is 27.7 Å². The molecular weight excluding hydrogens is 328 g/mol. The van der Waals surface area contributed by atoms with Crippen molar-refractivity contribution in [1.29, 1.82) is 0 Å². The fraction of sp³-hybridized carbons (Fsp3) is 0.412. The Labute approximate surface area is 147 Å². The number of aryl methyl sites for hydroxylation is 3. The van der Waals surface area contributed by atoms with E-state index in [4.69, 9.17) is 16.6 Å². The highest BCUT2D eigenvalue weighted by atomic mass is 35.5. The Morgan fingerprint density at radius 3 is 2.57 bits per heavy atom. The SMILES string of the molecule is CCN(/C(=N/c1cc(Cl)ccc1C)SC)c1c(C)nn(C)c1C. The van der Waals surface area contributed by atoms with Gasteiger partial charge in [-0.15, -0.1) is 0 Å². The third-order valence-electron chi connectivity index (χ3n) is 3.86. The molecule has 0 radical (unpaired) electrons. The zero-order chi connectivity index (χ0) is 17.1. The fourth-order valence-corrected chi connectivity index (χ4v) is 3.36. The van der Waals surface area contributed by atoms with Gasteiger partial charge in [0.1, 0.15) is 0 Å². The van der Waals surface area contributed by atoms with Crippen LogP contribution in [0.2, 0.25) is 5.02 Å². The summed E-state index contributed by atoms with van der Waals surface area (Å²) in [7, 11) is 1.97. The zero-order valence-corrected chi connectivity index (χ0v) is 16.1. The predicted octanol–water partition coefficient (Wildman–Crippen LogP) is 4.88. The summed E-state index contributed by atoms with van der Waals surface area (Å²) in [6.45, 7) is 9.12. The van der Waals surface area contributed by atoms with Gasteiger partial charge in [0, 0.05) is 18.6 Å². The quantitative estimate of drug-likeness (QED) is 0.584. The number of nitrogens with zero attached hydrogens (tertiary/aromatic N) is 4. The molecule has 0 bridgehead atoms. The van der Waals surface area contributed by atoms with Crippen LogP contribution in [0.25, 0.3) is 0 Å². The third-order valence-corrected chi connectivity index (χ3v) is 4.77. The zero-order valence-electron chi connectivity index (χ0n) is 14.5. The molecule has 124 valence electrons. The summed E-state index contributed by atoms with van der Waals surface area (Å²) < 4.78 is 1.91. The molecule has 0 spiro atoms. The highest BCUT2D eigenvalue weighted by Crippen LogP contribution is 2.29. The fourth-order valence-electron chi connectivity index (χ4n) is 2.56. The molecule has 0 aliphatic heterocycles. The van der Waals surface area contributed by atoms with Gasteiger partial charge < -0.3 is 4.90 Å². The van der Waals surface area contributed by atoms with Crippen LogP contribution >= 0.6 is 23.4 Å². The molecule has 4 nitrogen and oxygen atoms in total. The Hall–Kier alpha value is -1.46. The summed E-state index contributed by atoms with van der Waals surface area (Å²) in [6, 6.07) is 5.79. The maximum absolute atomic E-state index is 6.12. The minimum atomic E-state index is 0.701. The molecule has 0 unspecified atom stereocenters.